The maximum absolute atomic E-state index is 12.2. The number of hydrogen-bond acceptors (Lipinski definition) is 5. The Balaban J connectivity index is 2.33. The molecule has 1 aromatic carbocycles. The lowest BCUT2D eigenvalue weighted by atomic mass is 10.1. The van der Waals surface area contributed by atoms with Crippen molar-refractivity contribution >= 4 is 44.2 Å². The molecule has 0 aliphatic carbocycles. The number of rotatable bonds is 2. The molecule has 26 heavy (non-hydrogen) atoms. The van der Waals surface area contributed by atoms with E-state index in [4.69, 9.17) is 11.5 Å². The molecular formula is C19H18N4O2S. The summed E-state index contributed by atoms with van der Waals surface area (Å²) in [5, 5.41) is 12.9. The van der Waals surface area contributed by atoms with Crippen LogP contribution in [0.25, 0.3) is 26.8 Å². The van der Waals surface area contributed by atoms with E-state index in [1.54, 1.807) is 6.07 Å². The largest absolute Gasteiger partial charge is 0.508 e. The minimum atomic E-state index is -0.595. The molecule has 7 heteroatoms. The summed E-state index contributed by atoms with van der Waals surface area (Å²) in [6.07, 6.45) is 0. The smallest absolute Gasteiger partial charge is 0.253 e. The van der Waals surface area contributed by atoms with Gasteiger partial charge in [0.1, 0.15) is 11.6 Å². The highest BCUT2D eigenvalue weighted by molar-refractivity contribution is 7.18. The van der Waals surface area contributed by atoms with Crippen molar-refractivity contribution in [1.82, 2.24) is 9.55 Å². The Hall–Kier alpha value is -3.06. The third kappa shape index (κ3) is 2.04. The molecule has 6 nitrogen and oxygen atoms in total. The van der Waals surface area contributed by atoms with Gasteiger partial charge in [0, 0.05) is 16.6 Å². The van der Waals surface area contributed by atoms with E-state index in [-0.39, 0.29) is 17.1 Å². The maximum Gasteiger partial charge on any atom is 0.253 e. The number of thiophene rings is 1. The standard InChI is InChI=1S/C19H18N4O2S/c1-8-4-5-12(24)9(2)15(8)23-16-13(14(18(23)20)19(21)25)10(3)22-11-6-7-26-17(11)16/h4-7,24H,20H2,1-3H3,(H2,21,25). The number of phenolic OH excluding ortho intramolecular Hbond substituents is 1. The predicted molar refractivity (Wildman–Crippen MR) is 105 cm³/mol. The molecule has 1 amide bonds. The van der Waals surface area contributed by atoms with Gasteiger partial charge < -0.3 is 16.6 Å². The van der Waals surface area contributed by atoms with Crippen molar-refractivity contribution in [2.24, 2.45) is 5.73 Å². The fourth-order valence-electron chi connectivity index (χ4n) is 3.61. The molecule has 0 atom stereocenters. The molecule has 0 aliphatic heterocycles. The molecule has 132 valence electrons. The van der Waals surface area contributed by atoms with Crippen molar-refractivity contribution in [3.8, 4) is 11.4 Å². The zero-order valence-corrected chi connectivity index (χ0v) is 15.4. The van der Waals surface area contributed by atoms with Crippen LogP contribution in [0.5, 0.6) is 5.75 Å². The molecule has 0 saturated carbocycles. The summed E-state index contributed by atoms with van der Waals surface area (Å²) in [7, 11) is 0. The Labute approximate surface area is 153 Å². The first-order valence-corrected chi connectivity index (χ1v) is 8.98. The Bertz CT molecular complexity index is 1220. The highest BCUT2D eigenvalue weighted by atomic mass is 32.1. The van der Waals surface area contributed by atoms with Gasteiger partial charge in [0.25, 0.3) is 5.91 Å². The normalized spacial score (nSPS) is 11.5. The number of aryl methyl sites for hydroxylation is 2. The highest BCUT2D eigenvalue weighted by Crippen LogP contribution is 2.41. The first-order valence-electron chi connectivity index (χ1n) is 8.10. The number of aromatic hydroxyl groups is 1. The van der Waals surface area contributed by atoms with Crippen molar-refractivity contribution < 1.29 is 9.90 Å². The fourth-order valence-corrected chi connectivity index (χ4v) is 4.49. The van der Waals surface area contributed by atoms with Gasteiger partial charge in [0.2, 0.25) is 0 Å². The molecule has 3 aromatic heterocycles. The average Bonchev–Trinajstić information content (AvgIpc) is 3.14. The second-order valence-electron chi connectivity index (χ2n) is 6.39. The molecule has 5 N–H and O–H groups in total. The number of anilines is 1. The van der Waals surface area contributed by atoms with Crippen LogP contribution >= 0.6 is 11.3 Å². The molecule has 0 unspecified atom stereocenters. The second kappa shape index (κ2) is 5.47. The van der Waals surface area contributed by atoms with Crippen LogP contribution in [0, 0.1) is 20.8 Å². The number of pyridine rings is 1. The summed E-state index contributed by atoms with van der Waals surface area (Å²) < 4.78 is 2.75. The summed E-state index contributed by atoms with van der Waals surface area (Å²) in [6.45, 7) is 5.61. The minimum absolute atomic E-state index is 0.167. The number of benzene rings is 1. The number of phenols is 1. The van der Waals surface area contributed by atoms with E-state index in [1.807, 2.05) is 42.9 Å². The van der Waals surface area contributed by atoms with Gasteiger partial charge in [-0.1, -0.05) is 6.07 Å². The van der Waals surface area contributed by atoms with Gasteiger partial charge in [-0.05, 0) is 43.8 Å². The van der Waals surface area contributed by atoms with E-state index in [1.165, 1.54) is 11.3 Å². The summed E-state index contributed by atoms with van der Waals surface area (Å²) >= 11 is 1.53. The second-order valence-corrected chi connectivity index (χ2v) is 7.31. The number of nitrogens with two attached hydrogens (primary N) is 2. The van der Waals surface area contributed by atoms with Crippen LogP contribution in [0.3, 0.4) is 0 Å². The van der Waals surface area contributed by atoms with E-state index in [0.717, 1.165) is 27.0 Å². The minimum Gasteiger partial charge on any atom is -0.508 e. The maximum atomic E-state index is 12.2. The van der Waals surface area contributed by atoms with E-state index in [2.05, 4.69) is 4.98 Å². The van der Waals surface area contributed by atoms with Gasteiger partial charge >= 0.3 is 0 Å². The molecule has 3 heterocycles. The van der Waals surface area contributed by atoms with E-state index in [0.29, 0.717) is 16.6 Å². The summed E-state index contributed by atoms with van der Waals surface area (Å²) in [6, 6.07) is 5.41. The van der Waals surface area contributed by atoms with Crippen LogP contribution in [0.4, 0.5) is 5.82 Å². The van der Waals surface area contributed by atoms with Crippen LogP contribution in [0.15, 0.2) is 23.6 Å². The molecule has 0 spiro atoms. The van der Waals surface area contributed by atoms with E-state index in [9.17, 15) is 9.90 Å². The van der Waals surface area contributed by atoms with Crippen molar-refractivity contribution in [2.45, 2.75) is 20.8 Å². The molecule has 0 fully saturated rings. The van der Waals surface area contributed by atoms with Gasteiger partial charge in [-0.3, -0.25) is 14.3 Å². The number of aromatic nitrogens is 2. The lowest BCUT2D eigenvalue weighted by Crippen LogP contribution is -2.14. The molecular weight excluding hydrogens is 348 g/mol. The van der Waals surface area contributed by atoms with Crippen LogP contribution in [0.1, 0.15) is 27.2 Å². The lowest BCUT2D eigenvalue weighted by Gasteiger charge is -2.16. The topological polar surface area (TPSA) is 107 Å². The molecule has 4 rings (SSSR count). The van der Waals surface area contributed by atoms with Gasteiger partial charge in [0.15, 0.2) is 0 Å². The van der Waals surface area contributed by atoms with Crippen molar-refractivity contribution in [3.05, 3.63) is 46.0 Å². The van der Waals surface area contributed by atoms with E-state index < -0.39 is 5.91 Å². The summed E-state index contributed by atoms with van der Waals surface area (Å²) in [5.74, 6) is -0.168. The summed E-state index contributed by atoms with van der Waals surface area (Å²) in [4.78, 5) is 16.8. The van der Waals surface area contributed by atoms with Gasteiger partial charge in [-0.2, -0.15) is 0 Å². The quantitative estimate of drug-likeness (QED) is 0.504. The van der Waals surface area contributed by atoms with Crippen LogP contribution in [-0.4, -0.2) is 20.6 Å². The van der Waals surface area contributed by atoms with Crippen molar-refractivity contribution in [3.63, 3.8) is 0 Å². The van der Waals surface area contributed by atoms with Crippen LogP contribution in [0.2, 0.25) is 0 Å². The molecule has 4 aromatic rings. The fraction of sp³-hybridized carbons (Fsp3) is 0.158. The van der Waals surface area contributed by atoms with Gasteiger partial charge in [-0.25, -0.2) is 0 Å². The third-order valence-electron chi connectivity index (χ3n) is 4.79. The molecule has 0 bridgehead atoms. The predicted octanol–water partition coefficient (Wildman–Crippen LogP) is 3.55. The van der Waals surface area contributed by atoms with Crippen molar-refractivity contribution in [1.29, 1.82) is 0 Å². The highest BCUT2D eigenvalue weighted by Gasteiger charge is 2.26. The zero-order valence-electron chi connectivity index (χ0n) is 14.6. The monoisotopic (exact) mass is 366 g/mol. The zero-order chi connectivity index (χ0) is 18.7. The van der Waals surface area contributed by atoms with E-state index >= 15 is 0 Å². The Morgan fingerprint density at radius 1 is 1.23 bits per heavy atom. The number of amides is 1. The van der Waals surface area contributed by atoms with Crippen LogP contribution in [-0.2, 0) is 0 Å². The summed E-state index contributed by atoms with van der Waals surface area (Å²) in [5.41, 5.74) is 17.0. The van der Waals surface area contributed by atoms with Gasteiger partial charge in [-0.15, -0.1) is 11.3 Å². The van der Waals surface area contributed by atoms with Crippen molar-refractivity contribution in [2.75, 3.05) is 5.73 Å². The number of carbonyl (C=O) groups is 1. The number of primary amides is 1. The molecule has 0 saturated heterocycles. The Morgan fingerprint density at radius 3 is 2.65 bits per heavy atom. The first kappa shape index (κ1) is 16.4. The number of fused-ring (bicyclic) bond motifs is 3. The SMILES string of the molecule is Cc1ccc(O)c(C)c1-n1c(N)c(C(N)=O)c2c(C)nc3ccsc3c21. The number of nitrogen functional groups attached to an aromatic ring is 1. The number of nitrogens with zero attached hydrogens (tertiary/aromatic N) is 2. The third-order valence-corrected chi connectivity index (χ3v) is 5.70. The first-order chi connectivity index (χ1) is 12.3. The Kier molecular flexibility index (Phi) is 3.45. The molecule has 0 radical (unpaired) electrons. The van der Waals surface area contributed by atoms with Crippen LogP contribution < -0.4 is 11.5 Å². The number of carbonyl (C=O) groups excluding carboxylic acids is 1. The molecule has 0 aliphatic rings. The van der Waals surface area contributed by atoms with Gasteiger partial charge in [0.05, 0.1) is 27.0 Å². The Morgan fingerprint density at radius 2 is 1.96 bits per heavy atom. The average molecular weight is 366 g/mol. The lowest BCUT2D eigenvalue weighted by molar-refractivity contribution is 0.100. The number of hydrogen-bond donors (Lipinski definition) is 3.